The molecule has 4 nitrogen and oxygen atoms in total. The van der Waals surface area contributed by atoms with E-state index < -0.39 is 0 Å². The summed E-state index contributed by atoms with van der Waals surface area (Å²) in [7, 11) is 0. The van der Waals surface area contributed by atoms with Gasteiger partial charge in [-0.15, -0.1) is 0 Å². The van der Waals surface area contributed by atoms with E-state index in [4.69, 9.17) is 4.42 Å². The molecule has 0 radical (unpaired) electrons. The predicted octanol–water partition coefficient (Wildman–Crippen LogP) is 2.65. The summed E-state index contributed by atoms with van der Waals surface area (Å²) in [5.74, 6) is 0.789. The normalized spacial score (nSPS) is 22.7. The van der Waals surface area contributed by atoms with Crippen LogP contribution in [-0.2, 0) is 0 Å². The van der Waals surface area contributed by atoms with E-state index in [-0.39, 0.29) is 5.91 Å². The Labute approximate surface area is 121 Å². The number of hydrogen-bond acceptors (Lipinski definition) is 3. The van der Waals surface area contributed by atoms with E-state index in [9.17, 15) is 4.79 Å². The third-order valence-corrected chi connectivity index (χ3v) is 4.53. The highest BCUT2D eigenvalue weighted by atomic mass is 79.9. The van der Waals surface area contributed by atoms with Crippen LogP contribution in [0.1, 0.15) is 36.0 Å². The highest BCUT2D eigenvalue weighted by Gasteiger charge is 2.30. The fourth-order valence-electron chi connectivity index (χ4n) is 2.65. The lowest BCUT2D eigenvalue weighted by atomic mass is 10.2. The molecule has 104 valence electrons. The molecule has 1 aromatic heterocycles. The van der Waals surface area contributed by atoms with Gasteiger partial charge in [-0.25, -0.2) is 0 Å². The van der Waals surface area contributed by atoms with Crippen LogP contribution in [-0.4, -0.2) is 36.5 Å². The Kier molecular flexibility index (Phi) is 3.93. The van der Waals surface area contributed by atoms with E-state index in [0.717, 1.165) is 19.6 Å². The lowest BCUT2D eigenvalue weighted by molar-refractivity contribution is 0.0731. The molecular formula is C14H19BrN2O2. The molecule has 1 unspecified atom stereocenters. The second-order valence-electron chi connectivity index (χ2n) is 5.55. The van der Waals surface area contributed by atoms with Crippen molar-refractivity contribution in [2.75, 3.05) is 19.6 Å². The van der Waals surface area contributed by atoms with Crippen molar-refractivity contribution >= 4 is 21.8 Å². The Bertz CT molecular complexity index is 450. The molecule has 2 aliphatic rings. The number of rotatable bonds is 5. The van der Waals surface area contributed by atoms with Crippen molar-refractivity contribution < 1.29 is 9.21 Å². The van der Waals surface area contributed by atoms with Crippen molar-refractivity contribution in [3.63, 3.8) is 0 Å². The van der Waals surface area contributed by atoms with E-state index in [1.807, 2.05) is 4.90 Å². The number of nitrogens with zero attached hydrogens (tertiary/aromatic N) is 1. The number of nitrogens with one attached hydrogen (secondary N) is 1. The monoisotopic (exact) mass is 326 g/mol. The SMILES string of the molecule is O=C(c1ccoc1Br)N(CC1CC1)CC1CCCN1. The number of amides is 1. The van der Waals surface area contributed by atoms with Crippen LogP contribution in [0.25, 0.3) is 0 Å². The van der Waals surface area contributed by atoms with Gasteiger partial charge in [-0.3, -0.25) is 4.79 Å². The van der Waals surface area contributed by atoms with Gasteiger partial charge in [0.05, 0.1) is 11.8 Å². The van der Waals surface area contributed by atoms with E-state index in [1.54, 1.807) is 12.3 Å². The fraction of sp³-hybridized carbons (Fsp3) is 0.643. The number of furan rings is 1. The average Bonchev–Trinajstić information content (AvgIpc) is 2.88. The van der Waals surface area contributed by atoms with Crippen molar-refractivity contribution in [2.24, 2.45) is 5.92 Å². The maximum atomic E-state index is 12.6. The highest BCUT2D eigenvalue weighted by molar-refractivity contribution is 9.10. The number of carbonyl (C=O) groups is 1. The van der Waals surface area contributed by atoms with Gasteiger partial charge < -0.3 is 14.6 Å². The summed E-state index contributed by atoms with van der Waals surface area (Å²) in [5.41, 5.74) is 0.638. The Hall–Kier alpha value is -0.810. The summed E-state index contributed by atoms with van der Waals surface area (Å²) < 4.78 is 5.72. The Morgan fingerprint density at radius 2 is 2.26 bits per heavy atom. The van der Waals surface area contributed by atoms with Crippen molar-refractivity contribution in [1.29, 1.82) is 0 Å². The summed E-state index contributed by atoms with van der Waals surface area (Å²) in [6.07, 6.45) is 6.45. The van der Waals surface area contributed by atoms with Gasteiger partial charge in [0.2, 0.25) is 0 Å². The molecule has 1 amide bonds. The van der Waals surface area contributed by atoms with Gasteiger partial charge in [-0.2, -0.15) is 0 Å². The molecule has 1 aliphatic carbocycles. The summed E-state index contributed by atoms with van der Waals surface area (Å²) in [6, 6.07) is 2.20. The number of halogens is 1. The van der Waals surface area contributed by atoms with Gasteiger partial charge in [-0.05, 0) is 60.1 Å². The van der Waals surface area contributed by atoms with E-state index in [1.165, 1.54) is 25.7 Å². The van der Waals surface area contributed by atoms with Crippen LogP contribution in [0.15, 0.2) is 21.4 Å². The molecule has 0 bridgehead atoms. The standard InChI is InChI=1S/C14H19BrN2O2/c15-13-12(5-7-19-13)14(18)17(8-10-3-4-10)9-11-2-1-6-16-11/h5,7,10-11,16H,1-4,6,8-9H2. The van der Waals surface area contributed by atoms with Crippen molar-refractivity contribution in [3.8, 4) is 0 Å². The second-order valence-corrected chi connectivity index (χ2v) is 6.28. The molecule has 3 rings (SSSR count). The van der Waals surface area contributed by atoms with Crippen LogP contribution in [0, 0.1) is 5.92 Å². The molecule has 1 N–H and O–H groups in total. The first kappa shape index (κ1) is 13.2. The lowest BCUT2D eigenvalue weighted by Gasteiger charge is -2.25. The van der Waals surface area contributed by atoms with E-state index >= 15 is 0 Å². The zero-order chi connectivity index (χ0) is 13.2. The topological polar surface area (TPSA) is 45.5 Å². The maximum Gasteiger partial charge on any atom is 0.258 e. The summed E-state index contributed by atoms with van der Waals surface area (Å²) in [6.45, 7) is 2.77. The molecule has 1 aliphatic heterocycles. The van der Waals surface area contributed by atoms with Gasteiger partial charge in [-0.1, -0.05) is 0 Å². The third kappa shape index (κ3) is 3.20. The fourth-order valence-corrected chi connectivity index (χ4v) is 3.06. The minimum atomic E-state index is 0.0845. The molecule has 1 atom stereocenters. The second kappa shape index (κ2) is 5.67. The Balaban J connectivity index is 1.69. The first-order chi connectivity index (χ1) is 9.24. The molecule has 0 aromatic carbocycles. The maximum absolute atomic E-state index is 12.6. The molecule has 1 aromatic rings. The first-order valence-corrected chi connectivity index (χ1v) is 7.79. The van der Waals surface area contributed by atoms with Gasteiger partial charge in [0, 0.05) is 19.1 Å². The minimum absolute atomic E-state index is 0.0845. The van der Waals surface area contributed by atoms with Crippen molar-refractivity contribution in [1.82, 2.24) is 10.2 Å². The Morgan fingerprint density at radius 3 is 2.84 bits per heavy atom. The quantitative estimate of drug-likeness (QED) is 0.904. The summed E-state index contributed by atoms with van der Waals surface area (Å²) in [5, 5.41) is 3.47. The largest absolute Gasteiger partial charge is 0.457 e. The zero-order valence-electron chi connectivity index (χ0n) is 10.9. The minimum Gasteiger partial charge on any atom is -0.457 e. The van der Waals surface area contributed by atoms with Crippen molar-refractivity contribution in [3.05, 3.63) is 22.6 Å². The van der Waals surface area contributed by atoms with Crippen molar-refractivity contribution in [2.45, 2.75) is 31.7 Å². The summed E-state index contributed by atoms with van der Waals surface area (Å²) >= 11 is 3.30. The lowest BCUT2D eigenvalue weighted by Crippen LogP contribution is -2.42. The van der Waals surface area contributed by atoms with Crippen LogP contribution in [0.5, 0.6) is 0 Å². The molecule has 2 fully saturated rings. The number of hydrogen-bond donors (Lipinski definition) is 1. The van der Waals surface area contributed by atoms with Gasteiger partial charge in [0.15, 0.2) is 4.67 Å². The van der Waals surface area contributed by atoms with Crippen LogP contribution < -0.4 is 5.32 Å². The molecule has 5 heteroatoms. The number of carbonyl (C=O) groups excluding carboxylic acids is 1. The average molecular weight is 327 g/mol. The third-order valence-electron chi connectivity index (χ3n) is 3.91. The molecule has 0 spiro atoms. The van der Waals surface area contributed by atoms with E-state index in [2.05, 4.69) is 21.2 Å². The zero-order valence-corrected chi connectivity index (χ0v) is 12.5. The van der Waals surface area contributed by atoms with Crippen LogP contribution >= 0.6 is 15.9 Å². The van der Waals surface area contributed by atoms with Crippen LogP contribution in [0.2, 0.25) is 0 Å². The van der Waals surface area contributed by atoms with Gasteiger partial charge >= 0.3 is 0 Å². The van der Waals surface area contributed by atoms with Crippen LogP contribution in [0.4, 0.5) is 0 Å². The molecule has 19 heavy (non-hydrogen) atoms. The van der Waals surface area contributed by atoms with Gasteiger partial charge in [0.1, 0.15) is 0 Å². The van der Waals surface area contributed by atoms with Gasteiger partial charge in [0.25, 0.3) is 5.91 Å². The molecule has 2 heterocycles. The van der Waals surface area contributed by atoms with E-state index in [0.29, 0.717) is 22.2 Å². The molecule has 1 saturated carbocycles. The summed E-state index contributed by atoms with van der Waals surface area (Å²) in [4.78, 5) is 14.6. The highest BCUT2D eigenvalue weighted by Crippen LogP contribution is 2.31. The predicted molar refractivity (Wildman–Crippen MR) is 76.1 cm³/mol. The smallest absolute Gasteiger partial charge is 0.258 e. The molecule has 1 saturated heterocycles. The van der Waals surface area contributed by atoms with Crippen LogP contribution in [0.3, 0.4) is 0 Å². The molecular weight excluding hydrogens is 308 g/mol. The Morgan fingerprint density at radius 1 is 1.42 bits per heavy atom. The first-order valence-electron chi connectivity index (χ1n) is 6.99.